The van der Waals surface area contributed by atoms with Gasteiger partial charge in [-0.1, -0.05) is 24.3 Å². The fourth-order valence-electron chi connectivity index (χ4n) is 2.81. The monoisotopic (exact) mass is 290 g/mol. The summed E-state index contributed by atoms with van der Waals surface area (Å²) in [6.07, 6.45) is 1.24. The molecule has 1 heterocycles. The predicted octanol–water partition coefficient (Wildman–Crippen LogP) is 2.49. The minimum Gasteiger partial charge on any atom is -0.480 e. The van der Waals surface area contributed by atoms with E-state index in [1.54, 1.807) is 18.9 Å². The van der Waals surface area contributed by atoms with Crippen LogP contribution in [0.15, 0.2) is 24.3 Å². The lowest BCUT2D eigenvalue weighted by Gasteiger charge is -2.34. The van der Waals surface area contributed by atoms with Gasteiger partial charge >= 0.3 is 12.0 Å². The van der Waals surface area contributed by atoms with Gasteiger partial charge in [-0.3, -0.25) is 0 Å². The zero-order valence-corrected chi connectivity index (χ0v) is 12.8. The molecule has 1 aromatic carbocycles. The van der Waals surface area contributed by atoms with E-state index in [-0.39, 0.29) is 6.03 Å². The number of amides is 2. The van der Waals surface area contributed by atoms with Crippen molar-refractivity contribution < 1.29 is 14.7 Å². The van der Waals surface area contributed by atoms with Gasteiger partial charge in [0.25, 0.3) is 0 Å². The number of nitrogens with zero attached hydrogens (tertiary/aromatic N) is 2. The average molecular weight is 290 g/mol. The zero-order chi connectivity index (χ0) is 15.6. The first-order valence-electron chi connectivity index (χ1n) is 7.17. The lowest BCUT2D eigenvalue weighted by molar-refractivity contribution is -0.147. The number of benzene rings is 1. The summed E-state index contributed by atoms with van der Waals surface area (Å²) in [7, 11) is 1.72. The molecule has 0 bridgehead atoms. The summed E-state index contributed by atoms with van der Waals surface area (Å²) in [5, 5.41) is 9.40. The second-order valence-corrected chi connectivity index (χ2v) is 5.90. The van der Waals surface area contributed by atoms with Gasteiger partial charge in [0.05, 0.1) is 0 Å². The molecular formula is C16H22N2O3. The van der Waals surface area contributed by atoms with E-state index in [1.807, 2.05) is 31.2 Å². The Hall–Kier alpha value is -2.04. The van der Waals surface area contributed by atoms with E-state index in [9.17, 15) is 14.7 Å². The fraction of sp³-hybridized carbons (Fsp3) is 0.500. The first-order valence-corrected chi connectivity index (χ1v) is 7.17. The third kappa shape index (κ3) is 2.86. The minimum atomic E-state index is -1.09. The maximum Gasteiger partial charge on any atom is 0.329 e. The van der Waals surface area contributed by atoms with Crippen LogP contribution in [-0.4, -0.2) is 46.0 Å². The number of urea groups is 1. The molecule has 0 spiro atoms. The average Bonchev–Trinajstić information content (AvgIpc) is 2.84. The van der Waals surface area contributed by atoms with Crippen LogP contribution in [0.25, 0.3) is 0 Å². The Labute approximate surface area is 125 Å². The van der Waals surface area contributed by atoms with Crippen LogP contribution in [0.1, 0.15) is 30.9 Å². The van der Waals surface area contributed by atoms with Crippen molar-refractivity contribution in [2.24, 2.45) is 0 Å². The second kappa shape index (κ2) is 5.76. The van der Waals surface area contributed by atoms with Gasteiger partial charge in [0.15, 0.2) is 0 Å². The molecule has 1 aliphatic rings. The fourth-order valence-corrected chi connectivity index (χ4v) is 2.81. The SMILES string of the molecule is Cc1ccccc1CN(C)C(=O)N1CCCC1(C)C(=O)O. The smallest absolute Gasteiger partial charge is 0.329 e. The molecule has 5 nitrogen and oxygen atoms in total. The second-order valence-electron chi connectivity index (χ2n) is 5.90. The molecule has 0 aliphatic carbocycles. The first-order chi connectivity index (χ1) is 9.86. The number of rotatable bonds is 3. The van der Waals surface area contributed by atoms with Crippen molar-refractivity contribution >= 4 is 12.0 Å². The van der Waals surface area contributed by atoms with Gasteiger partial charge in [-0.25, -0.2) is 9.59 Å². The molecule has 1 aliphatic heterocycles. The summed E-state index contributed by atoms with van der Waals surface area (Å²) in [5.74, 6) is -0.933. The molecule has 1 aromatic rings. The van der Waals surface area contributed by atoms with Crippen molar-refractivity contribution in [3.8, 4) is 0 Å². The van der Waals surface area contributed by atoms with Crippen molar-refractivity contribution in [2.75, 3.05) is 13.6 Å². The molecule has 2 amide bonds. The molecule has 1 atom stereocenters. The van der Waals surface area contributed by atoms with Crippen LogP contribution in [0.4, 0.5) is 4.79 Å². The van der Waals surface area contributed by atoms with Crippen molar-refractivity contribution in [3.63, 3.8) is 0 Å². The van der Waals surface area contributed by atoms with Gasteiger partial charge in [0.1, 0.15) is 5.54 Å². The molecule has 1 N–H and O–H groups in total. The van der Waals surface area contributed by atoms with Crippen LogP contribution in [0.3, 0.4) is 0 Å². The number of aliphatic carboxylic acids is 1. The maximum absolute atomic E-state index is 12.6. The Kier molecular flexibility index (Phi) is 4.21. The van der Waals surface area contributed by atoms with Crippen molar-refractivity contribution in [3.05, 3.63) is 35.4 Å². The summed E-state index contributed by atoms with van der Waals surface area (Å²) in [5.41, 5.74) is 1.11. The van der Waals surface area contributed by atoms with Gasteiger partial charge in [-0.05, 0) is 37.8 Å². The topological polar surface area (TPSA) is 60.9 Å². The summed E-state index contributed by atoms with van der Waals surface area (Å²) in [4.78, 5) is 27.1. The van der Waals surface area contributed by atoms with Crippen LogP contribution in [0.2, 0.25) is 0 Å². The van der Waals surface area contributed by atoms with E-state index in [0.29, 0.717) is 19.5 Å². The highest BCUT2D eigenvalue weighted by molar-refractivity contribution is 5.86. The summed E-state index contributed by atoms with van der Waals surface area (Å²) >= 11 is 0. The Morgan fingerprint density at radius 1 is 1.38 bits per heavy atom. The van der Waals surface area contributed by atoms with Crippen LogP contribution in [-0.2, 0) is 11.3 Å². The van der Waals surface area contributed by atoms with E-state index in [2.05, 4.69) is 0 Å². The number of hydrogen-bond donors (Lipinski definition) is 1. The largest absolute Gasteiger partial charge is 0.480 e. The van der Waals surface area contributed by atoms with Gasteiger partial charge in [-0.2, -0.15) is 0 Å². The number of carboxylic acids is 1. The summed E-state index contributed by atoms with van der Waals surface area (Å²) in [6.45, 7) is 4.62. The Balaban J connectivity index is 2.13. The summed E-state index contributed by atoms with van der Waals surface area (Å²) in [6, 6.07) is 7.67. The number of likely N-dealkylation sites (tertiary alicyclic amines) is 1. The molecule has 21 heavy (non-hydrogen) atoms. The molecule has 2 rings (SSSR count). The number of carbonyl (C=O) groups excluding carboxylic acids is 1. The van der Waals surface area contributed by atoms with Gasteiger partial charge < -0.3 is 14.9 Å². The highest BCUT2D eigenvalue weighted by Gasteiger charge is 2.46. The van der Waals surface area contributed by atoms with E-state index >= 15 is 0 Å². The third-order valence-corrected chi connectivity index (χ3v) is 4.33. The summed E-state index contributed by atoms with van der Waals surface area (Å²) < 4.78 is 0. The normalized spacial score (nSPS) is 21.4. The van der Waals surface area contributed by atoms with Crippen molar-refractivity contribution in [2.45, 2.75) is 38.8 Å². The van der Waals surface area contributed by atoms with Gasteiger partial charge in [0.2, 0.25) is 0 Å². The van der Waals surface area contributed by atoms with Crippen LogP contribution >= 0.6 is 0 Å². The van der Waals surface area contributed by atoms with Crippen LogP contribution in [0.5, 0.6) is 0 Å². The van der Waals surface area contributed by atoms with Crippen molar-refractivity contribution in [1.82, 2.24) is 9.80 Å². The molecule has 1 unspecified atom stereocenters. The van der Waals surface area contributed by atoms with E-state index < -0.39 is 11.5 Å². The molecule has 5 heteroatoms. The molecule has 1 saturated heterocycles. The number of carbonyl (C=O) groups is 2. The maximum atomic E-state index is 12.6. The van der Waals surface area contributed by atoms with E-state index in [0.717, 1.165) is 17.5 Å². The minimum absolute atomic E-state index is 0.222. The van der Waals surface area contributed by atoms with Crippen LogP contribution in [0, 0.1) is 6.92 Å². The lowest BCUT2D eigenvalue weighted by atomic mass is 9.99. The molecular weight excluding hydrogens is 268 g/mol. The molecule has 0 saturated carbocycles. The Bertz CT molecular complexity index is 558. The Morgan fingerprint density at radius 2 is 2.05 bits per heavy atom. The molecule has 0 aromatic heterocycles. The predicted molar refractivity (Wildman–Crippen MR) is 80.0 cm³/mol. The molecule has 0 radical (unpaired) electrons. The molecule has 1 fully saturated rings. The Morgan fingerprint density at radius 3 is 2.67 bits per heavy atom. The van der Waals surface area contributed by atoms with E-state index in [4.69, 9.17) is 0 Å². The van der Waals surface area contributed by atoms with Gasteiger partial charge in [0, 0.05) is 20.1 Å². The van der Waals surface area contributed by atoms with E-state index in [1.165, 1.54) is 4.90 Å². The quantitative estimate of drug-likeness (QED) is 0.930. The third-order valence-electron chi connectivity index (χ3n) is 4.33. The molecule has 114 valence electrons. The number of hydrogen-bond acceptors (Lipinski definition) is 2. The van der Waals surface area contributed by atoms with Crippen molar-refractivity contribution in [1.29, 1.82) is 0 Å². The lowest BCUT2D eigenvalue weighted by Crippen LogP contribution is -2.54. The number of carboxylic acid groups (broad SMARTS) is 1. The highest BCUT2D eigenvalue weighted by Crippen LogP contribution is 2.30. The zero-order valence-electron chi connectivity index (χ0n) is 12.8. The highest BCUT2D eigenvalue weighted by atomic mass is 16.4. The first kappa shape index (κ1) is 15.4. The standard InChI is InChI=1S/C16H22N2O3/c1-12-7-4-5-8-13(12)11-17(3)15(21)18-10-6-9-16(18,2)14(19)20/h4-5,7-8H,6,9-11H2,1-3H3,(H,19,20). The van der Waals surface area contributed by atoms with Crippen LogP contribution < -0.4 is 0 Å². The number of aryl methyl sites for hydroxylation is 1. The van der Waals surface area contributed by atoms with Gasteiger partial charge in [-0.15, -0.1) is 0 Å².